The first-order chi connectivity index (χ1) is 10.4. The summed E-state index contributed by atoms with van der Waals surface area (Å²) in [4.78, 5) is 33.7. The highest BCUT2D eigenvalue weighted by Gasteiger charge is 2.16. The summed E-state index contributed by atoms with van der Waals surface area (Å²) in [7, 11) is 0. The molecule has 1 atom stereocenters. The van der Waals surface area contributed by atoms with Crippen LogP contribution in [0.2, 0.25) is 0 Å². The molecule has 0 aromatic heterocycles. The number of carbonyl (C=O) groups excluding carboxylic acids is 3. The van der Waals surface area contributed by atoms with Gasteiger partial charge in [0.15, 0.2) is 6.61 Å². The molecule has 0 aliphatic rings. The second-order valence-electron chi connectivity index (χ2n) is 4.34. The van der Waals surface area contributed by atoms with Gasteiger partial charge in [-0.15, -0.1) is 0 Å². The number of primary amides is 1. The molecule has 1 aromatic carbocycles. The number of ether oxygens (including phenoxy) is 2. The average molecular weight is 309 g/mol. The lowest BCUT2D eigenvalue weighted by atomic mass is 10.3. The zero-order chi connectivity index (χ0) is 16.5. The maximum Gasteiger partial charge on any atom is 0.328 e. The number of carbonyl (C=O) groups is 3. The van der Waals surface area contributed by atoms with Gasteiger partial charge in [0.05, 0.1) is 6.61 Å². The van der Waals surface area contributed by atoms with E-state index in [0.29, 0.717) is 18.0 Å². The highest BCUT2D eigenvalue weighted by molar-refractivity contribution is 5.93. The second kappa shape index (κ2) is 8.50. The maximum atomic E-state index is 11.6. The van der Waals surface area contributed by atoms with Gasteiger partial charge in [-0.1, -0.05) is 0 Å². The third-order valence-corrected chi connectivity index (χ3v) is 2.51. The molecule has 8 nitrogen and oxygen atoms in total. The molecule has 0 bridgehead atoms. The van der Waals surface area contributed by atoms with Gasteiger partial charge in [-0.25, -0.2) is 9.59 Å². The number of nitrogens with one attached hydrogen (secondary N) is 2. The minimum Gasteiger partial charge on any atom is -0.494 e. The van der Waals surface area contributed by atoms with Gasteiger partial charge in [0.1, 0.15) is 11.8 Å². The molecular formula is C14H19N3O5. The molecule has 0 aliphatic heterocycles. The van der Waals surface area contributed by atoms with Crippen LogP contribution < -0.4 is 21.1 Å². The van der Waals surface area contributed by atoms with Gasteiger partial charge >= 0.3 is 12.0 Å². The Morgan fingerprint density at radius 3 is 2.41 bits per heavy atom. The molecule has 8 heteroatoms. The molecule has 0 fully saturated rings. The molecule has 4 N–H and O–H groups in total. The smallest absolute Gasteiger partial charge is 0.328 e. The molecule has 0 aliphatic carbocycles. The van der Waals surface area contributed by atoms with Crippen LogP contribution in [0.5, 0.6) is 5.75 Å². The Hall–Kier alpha value is -2.77. The van der Waals surface area contributed by atoms with Gasteiger partial charge in [-0.05, 0) is 38.1 Å². The molecule has 0 heterocycles. The number of nitrogens with two attached hydrogens (primary N) is 1. The zero-order valence-corrected chi connectivity index (χ0v) is 12.4. The van der Waals surface area contributed by atoms with Gasteiger partial charge in [-0.3, -0.25) is 4.79 Å². The Labute approximate surface area is 128 Å². The van der Waals surface area contributed by atoms with Gasteiger partial charge in [0.25, 0.3) is 5.91 Å². The number of esters is 1. The fourth-order valence-electron chi connectivity index (χ4n) is 1.53. The molecular weight excluding hydrogens is 290 g/mol. The van der Waals surface area contributed by atoms with Crippen molar-refractivity contribution in [3.8, 4) is 5.75 Å². The van der Waals surface area contributed by atoms with Crippen LogP contribution in [0, 0.1) is 0 Å². The fourth-order valence-corrected chi connectivity index (χ4v) is 1.53. The molecule has 0 radical (unpaired) electrons. The predicted octanol–water partition coefficient (Wildman–Crippen LogP) is 0.624. The Morgan fingerprint density at radius 1 is 1.23 bits per heavy atom. The molecule has 22 heavy (non-hydrogen) atoms. The molecule has 0 saturated heterocycles. The number of anilines is 1. The van der Waals surface area contributed by atoms with E-state index in [2.05, 4.69) is 10.6 Å². The maximum absolute atomic E-state index is 11.6. The highest BCUT2D eigenvalue weighted by Crippen LogP contribution is 2.15. The molecule has 1 rings (SSSR count). The van der Waals surface area contributed by atoms with Crippen molar-refractivity contribution in [3.63, 3.8) is 0 Å². The lowest BCUT2D eigenvalue weighted by molar-refractivity contribution is -0.148. The number of urea groups is 1. The largest absolute Gasteiger partial charge is 0.494 e. The SMILES string of the molecule is CCOc1ccc(NC(=O)COC(=O)C(C)NC(N)=O)cc1. The van der Waals surface area contributed by atoms with E-state index in [0.717, 1.165) is 0 Å². The lowest BCUT2D eigenvalue weighted by Crippen LogP contribution is -2.43. The Kier molecular flexibility index (Phi) is 6.68. The van der Waals surface area contributed by atoms with E-state index in [1.807, 2.05) is 6.92 Å². The molecule has 3 amide bonds. The van der Waals surface area contributed by atoms with Gasteiger partial charge in [0.2, 0.25) is 0 Å². The minimum atomic E-state index is -0.921. The Morgan fingerprint density at radius 2 is 1.86 bits per heavy atom. The summed E-state index contributed by atoms with van der Waals surface area (Å²) in [6, 6.07) is 5.00. The molecule has 1 unspecified atom stereocenters. The summed E-state index contributed by atoms with van der Waals surface area (Å²) < 4.78 is 10.0. The summed E-state index contributed by atoms with van der Waals surface area (Å²) in [6.07, 6.45) is 0. The van der Waals surface area contributed by atoms with Crippen molar-refractivity contribution in [2.45, 2.75) is 19.9 Å². The standard InChI is InChI=1S/C14H19N3O5/c1-3-21-11-6-4-10(5-7-11)17-12(18)8-22-13(19)9(2)16-14(15)20/h4-7,9H,3,8H2,1-2H3,(H,17,18)(H3,15,16,20). The van der Waals surface area contributed by atoms with Crippen molar-refractivity contribution >= 4 is 23.6 Å². The first kappa shape index (κ1) is 17.3. The first-order valence-corrected chi connectivity index (χ1v) is 6.67. The Bertz CT molecular complexity index is 530. The van der Waals surface area contributed by atoms with E-state index in [-0.39, 0.29) is 0 Å². The van der Waals surface area contributed by atoms with Gasteiger partial charge in [0, 0.05) is 5.69 Å². The quantitative estimate of drug-likeness (QED) is 0.638. The lowest BCUT2D eigenvalue weighted by Gasteiger charge is -2.12. The second-order valence-corrected chi connectivity index (χ2v) is 4.34. The van der Waals surface area contributed by atoms with Crippen molar-refractivity contribution in [2.24, 2.45) is 5.73 Å². The fraction of sp³-hybridized carbons (Fsp3) is 0.357. The molecule has 120 valence electrons. The third-order valence-electron chi connectivity index (χ3n) is 2.51. The van der Waals surface area contributed by atoms with Crippen molar-refractivity contribution in [3.05, 3.63) is 24.3 Å². The summed E-state index contributed by atoms with van der Waals surface area (Å²) >= 11 is 0. The zero-order valence-electron chi connectivity index (χ0n) is 12.4. The van der Waals surface area contributed by atoms with E-state index in [1.54, 1.807) is 24.3 Å². The summed E-state index contributed by atoms with van der Waals surface area (Å²) in [5.41, 5.74) is 5.42. The van der Waals surface area contributed by atoms with Crippen LogP contribution in [0.3, 0.4) is 0 Å². The molecule has 0 spiro atoms. The van der Waals surface area contributed by atoms with E-state index in [1.165, 1.54) is 6.92 Å². The van der Waals surface area contributed by atoms with Crippen LogP contribution in [0.15, 0.2) is 24.3 Å². The number of hydrogen-bond donors (Lipinski definition) is 3. The first-order valence-electron chi connectivity index (χ1n) is 6.67. The monoisotopic (exact) mass is 309 g/mol. The predicted molar refractivity (Wildman–Crippen MR) is 79.4 cm³/mol. The van der Waals surface area contributed by atoms with Crippen LogP contribution in [0.25, 0.3) is 0 Å². The van der Waals surface area contributed by atoms with Gasteiger partial charge in [-0.2, -0.15) is 0 Å². The Balaban J connectivity index is 2.39. The van der Waals surface area contributed by atoms with Crippen LogP contribution >= 0.6 is 0 Å². The highest BCUT2D eigenvalue weighted by atomic mass is 16.5. The summed E-state index contributed by atoms with van der Waals surface area (Å²) in [5, 5.41) is 4.72. The van der Waals surface area contributed by atoms with Crippen LogP contribution in [-0.4, -0.2) is 37.2 Å². The molecule has 0 saturated carbocycles. The number of rotatable bonds is 7. The summed E-state index contributed by atoms with van der Waals surface area (Å²) in [6.45, 7) is 3.37. The molecule has 1 aromatic rings. The van der Waals surface area contributed by atoms with E-state index in [4.69, 9.17) is 15.2 Å². The van der Waals surface area contributed by atoms with Crippen molar-refractivity contribution in [1.29, 1.82) is 0 Å². The van der Waals surface area contributed by atoms with Gasteiger partial charge < -0.3 is 25.8 Å². The third kappa shape index (κ3) is 6.12. The number of hydrogen-bond acceptors (Lipinski definition) is 5. The van der Waals surface area contributed by atoms with E-state index in [9.17, 15) is 14.4 Å². The average Bonchev–Trinajstić information content (AvgIpc) is 2.46. The normalized spacial score (nSPS) is 11.2. The van der Waals surface area contributed by atoms with Crippen molar-refractivity contribution in [1.82, 2.24) is 5.32 Å². The number of benzene rings is 1. The minimum absolute atomic E-state index is 0.461. The van der Waals surface area contributed by atoms with Crippen molar-refractivity contribution < 1.29 is 23.9 Å². The van der Waals surface area contributed by atoms with Crippen LogP contribution in [0.4, 0.5) is 10.5 Å². The van der Waals surface area contributed by atoms with Crippen LogP contribution in [0.1, 0.15) is 13.8 Å². The topological polar surface area (TPSA) is 120 Å². The van der Waals surface area contributed by atoms with E-state index < -0.39 is 30.6 Å². The summed E-state index contributed by atoms with van der Waals surface area (Å²) in [5.74, 6) is -0.553. The number of amides is 3. The van der Waals surface area contributed by atoms with E-state index >= 15 is 0 Å². The van der Waals surface area contributed by atoms with Crippen LogP contribution in [-0.2, 0) is 14.3 Å². The van der Waals surface area contributed by atoms with Crippen molar-refractivity contribution in [2.75, 3.05) is 18.5 Å².